The number of aromatic amines is 1. The van der Waals surface area contributed by atoms with E-state index in [0.717, 1.165) is 33.4 Å². The van der Waals surface area contributed by atoms with E-state index < -0.39 is 0 Å². The lowest BCUT2D eigenvalue weighted by Gasteiger charge is -2.03. The molecule has 0 bridgehead atoms. The molecule has 2 aromatic heterocycles. The van der Waals surface area contributed by atoms with Gasteiger partial charge in [0.25, 0.3) is 0 Å². The zero-order chi connectivity index (χ0) is 22.8. The summed E-state index contributed by atoms with van der Waals surface area (Å²) in [7, 11) is 0. The lowest BCUT2D eigenvalue weighted by atomic mass is 10.1. The van der Waals surface area contributed by atoms with E-state index in [1.54, 1.807) is 6.07 Å². The van der Waals surface area contributed by atoms with Gasteiger partial charge in [0.15, 0.2) is 0 Å². The van der Waals surface area contributed by atoms with Crippen LogP contribution >= 0.6 is 23.2 Å². The third-order valence-corrected chi connectivity index (χ3v) is 5.97. The molecule has 0 amide bonds. The zero-order valence-electron chi connectivity index (χ0n) is 17.3. The van der Waals surface area contributed by atoms with Crippen molar-refractivity contribution >= 4 is 45.9 Å². The summed E-state index contributed by atoms with van der Waals surface area (Å²) < 4.78 is 1.83. The minimum atomic E-state index is 0.428. The Morgan fingerprint density at radius 1 is 1.00 bits per heavy atom. The van der Waals surface area contributed by atoms with Gasteiger partial charge in [-0.05, 0) is 35.9 Å². The highest BCUT2D eigenvalue weighted by atomic mass is 35.5. The van der Waals surface area contributed by atoms with E-state index in [4.69, 9.17) is 28.3 Å². The SMILES string of the molecule is N#CC(=Cc1cn(Cc2ccc(Cl)c(Cl)c2)nc1-c1ccccc1)c1nc2ccccc2[nH]1. The van der Waals surface area contributed by atoms with Crippen molar-refractivity contribution in [2.24, 2.45) is 0 Å². The molecular formula is C26H17Cl2N5. The van der Waals surface area contributed by atoms with Crippen LogP contribution in [0.5, 0.6) is 0 Å². The van der Waals surface area contributed by atoms with Gasteiger partial charge in [0.1, 0.15) is 11.9 Å². The topological polar surface area (TPSA) is 70.3 Å². The standard InChI is InChI=1S/C26H17Cl2N5/c27-21-11-10-17(12-22(21)28)15-33-16-20(25(32-33)18-6-2-1-3-7-18)13-19(14-29)26-30-23-8-4-5-9-24(23)31-26/h1-13,16H,15H2,(H,30,31). The monoisotopic (exact) mass is 469 g/mol. The van der Waals surface area contributed by atoms with Gasteiger partial charge in [0, 0.05) is 17.3 Å². The van der Waals surface area contributed by atoms with Crippen molar-refractivity contribution < 1.29 is 0 Å². The summed E-state index contributed by atoms with van der Waals surface area (Å²) in [4.78, 5) is 7.80. The molecule has 0 saturated heterocycles. The predicted molar refractivity (Wildman–Crippen MR) is 133 cm³/mol. The average Bonchev–Trinajstić information content (AvgIpc) is 3.44. The maximum atomic E-state index is 9.89. The Kier molecular flexibility index (Phi) is 5.70. The number of benzene rings is 3. The van der Waals surface area contributed by atoms with E-state index in [-0.39, 0.29) is 0 Å². The van der Waals surface area contributed by atoms with Gasteiger partial charge in [-0.25, -0.2) is 4.98 Å². The molecule has 0 spiro atoms. The summed E-state index contributed by atoms with van der Waals surface area (Å²) in [6.45, 7) is 0.511. The highest BCUT2D eigenvalue weighted by molar-refractivity contribution is 6.42. The van der Waals surface area contributed by atoms with Gasteiger partial charge in [0.2, 0.25) is 0 Å². The minimum absolute atomic E-state index is 0.428. The normalized spacial score (nSPS) is 11.6. The second kappa shape index (κ2) is 8.95. The lowest BCUT2D eigenvalue weighted by molar-refractivity contribution is 0.689. The van der Waals surface area contributed by atoms with E-state index in [9.17, 15) is 5.26 Å². The molecule has 0 saturated carbocycles. The highest BCUT2D eigenvalue weighted by Gasteiger charge is 2.14. The lowest BCUT2D eigenvalue weighted by Crippen LogP contribution is -2.00. The number of H-pyrrole nitrogens is 1. The molecule has 0 fully saturated rings. The average molecular weight is 470 g/mol. The number of nitrogens with zero attached hydrogens (tertiary/aromatic N) is 4. The van der Waals surface area contributed by atoms with E-state index in [1.807, 2.05) is 83.7 Å². The number of para-hydroxylation sites is 2. The summed E-state index contributed by atoms with van der Waals surface area (Å²) in [5, 5.41) is 15.7. The van der Waals surface area contributed by atoms with Crippen LogP contribution in [0.4, 0.5) is 0 Å². The number of halogens is 2. The van der Waals surface area contributed by atoms with Crippen molar-refractivity contribution in [3.05, 3.63) is 106 Å². The van der Waals surface area contributed by atoms with Crippen LogP contribution in [0.1, 0.15) is 17.0 Å². The number of aromatic nitrogens is 4. The van der Waals surface area contributed by atoms with E-state index in [2.05, 4.69) is 16.0 Å². The van der Waals surface area contributed by atoms with Gasteiger partial charge in [-0.15, -0.1) is 0 Å². The maximum absolute atomic E-state index is 9.89. The molecule has 0 radical (unpaired) electrons. The fraction of sp³-hybridized carbons (Fsp3) is 0.0385. The van der Waals surface area contributed by atoms with Gasteiger partial charge in [-0.3, -0.25) is 4.68 Å². The van der Waals surface area contributed by atoms with Crippen LogP contribution in [0.2, 0.25) is 10.0 Å². The number of nitrogens with one attached hydrogen (secondary N) is 1. The molecule has 5 aromatic rings. The smallest absolute Gasteiger partial charge is 0.149 e. The molecule has 0 aliphatic carbocycles. The van der Waals surface area contributed by atoms with Crippen LogP contribution < -0.4 is 0 Å². The summed E-state index contributed by atoms with van der Waals surface area (Å²) in [6.07, 6.45) is 3.74. The van der Waals surface area contributed by atoms with Crippen molar-refractivity contribution in [3.8, 4) is 17.3 Å². The first-order chi connectivity index (χ1) is 16.1. The number of allylic oxidation sites excluding steroid dienone is 1. The fourth-order valence-corrected chi connectivity index (χ4v) is 3.98. The Balaban J connectivity index is 1.58. The fourth-order valence-electron chi connectivity index (χ4n) is 3.66. The summed E-state index contributed by atoms with van der Waals surface area (Å²) in [5.74, 6) is 0.523. The van der Waals surface area contributed by atoms with Crippen LogP contribution in [0.25, 0.3) is 33.9 Å². The van der Waals surface area contributed by atoms with Crippen molar-refractivity contribution in [3.63, 3.8) is 0 Å². The van der Waals surface area contributed by atoms with Crippen molar-refractivity contribution in [1.29, 1.82) is 5.26 Å². The molecule has 0 aliphatic heterocycles. The number of hydrogen-bond donors (Lipinski definition) is 1. The largest absolute Gasteiger partial charge is 0.337 e. The molecule has 7 heteroatoms. The van der Waals surface area contributed by atoms with Gasteiger partial charge < -0.3 is 4.98 Å². The predicted octanol–water partition coefficient (Wildman–Crippen LogP) is 6.85. The minimum Gasteiger partial charge on any atom is -0.337 e. The quantitative estimate of drug-likeness (QED) is 0.286. The molecule has 160 valence electrons. The Hall–Kier alpha value is -3.85. The molecule has 0 atom stereocenters. The van der Waals surface area contributed by atoms with Crippen LogP contribution in [0.15, 0.2) is 79.0 Å². The van der Waals surface area contributed by atoms with Gasteiger partial charge >= 0.3 is 0 Å². The Labute approximate surface area is 200 Å². The van der Waals surface area contributed by atoms with Crippen LogP contribution in [0, 0.1) is 11.3 Å². The molecule has 3 aromatic carbocycles. The van der Waals surface area contributed by atoms with Gasteiger partial charge in [-0.2, -0.15) is 10.4 Å². The van der Waals surface area contributed by atoms with Crippen molar-refractivity contribution in [2.45, 2.75) is 6.54 Å². The second-order valence-electron chi connectivity index (χ2n) is 7.52. The molecule has 0 aliphatic rings. The Morgan fingerprint density at radius 3 is 2.55 bits per heavy atom. The second-order valence-corrected chi connectivity index (χ2v) is 8.33. The van der Waals surface area contributed by atoms with Crippen LogP contribution in [0.3, 0.4) is 0 Å². The van der Waals surface area contributed by atoms with Gasteiger partial charge in [-0.1, -0.05) is 71.7 Å². The van der Waals surface area contributed by atoms with Crippen LogP contribution in [-0.4, -0.2) is 19.7 Å². The molecular weight excluding hydrogens is 453 g/mol. The molecule has 1 N–H and O–H groups in total. The molecule has 2 heterocycles. The zero-order valence-corrected chi connectivity index (χ0v) is 18.8. The van der Waals surface area contributed by atoms with E-state index in [0.29, 0.717) is 28.0 Å². The number of nitriles is 1. The Bertz CT molecular complexity index is 1490. The van der Waals surface area contributed by atoms with Crippen molar-refractivity contribution in [1.82, 2.24) is 19.7 Å². The molecule has 5 rings (SSSR count). The maximum Gasteiger partial charge on any atom is 0.149 e. The highest BCUT2D eigenvalue weighted by Crippen LogP contribution is 2.28. The molecule has 33 heavy (non-hydrogen) atoms. The third kappa shape index (κ3) is 4.40. The summed E-state index contributed by atoms with van der Waals surface area (Å²) >= 11 is 12.2. The first-order valence-corrected chi connectivity index (χ1v) is 11.0. The number of rotatable bonds is 5. The van der Waals surface area contributed by atoms with Crippen molar-refractivity contribution in [2.75, 3.05) is 0 Å². The van der Waals surface area contributed by atoms with E-state index in [1.165, 1.54) is 0 Å². The molecule has 0 unspecified atom stereocenters. The van der Waals surface area contributed by atoms with Crippen LogP contribution in [-0.2, 0) is 6.54 Å². The Morgan fingerprint density at radius 2 is 1.79 bits per heavy atom. The van der Waals surface area contributed by atoms with Gasteiger partial charge in [0.05, 0.1) is 38.9 Å². The first kappa shape index (κ1) is 21.0. The number of hydrogen-bond acceptors (Lipinski definition) is 3. The summed E-state index contributed by atoms with van der Waals surface area (Å²) in [6, 6.07) is 25.4. The first-order valence-electron chi connectivity index (χ1n) is 10.2. The number of fused-ring (bicyclic) bond motifs is 1. The molecule has 5 nitrogen and oxygen atoms in total. The number of imidazole rings is 1. The summed E-state index contributed by atoms with van der Waals surface area (Å²) in [5.41, 5.74) is 5.65. The van der Waals surface area contributed by atoms with E-state index >= 15 is 0 Å². The third-order valence-electron chi connectivity index (χ3n) is 5.23.